The van der Waals surface area contributed by atoms with Crippen LogP contribution in [0.5, 0.6) is 0 Å². The highest BCUT2D eigenvalue weighted by atomic mass is 16.1. The molecule has 2 N–H and O–H groups in total. The number of pyridine rings is 1. The Kier molecular flexibility index (Phi) is 4.71. The summed E-state index contributed by atoms with van der Waals surface area (Å²) in [7, 11) is 2.14. The number of piperidine rings is 1. The van der Waals surface area contributed by atoms with Crippen LogP contribution in [0.25, 0.3) is 0 Å². The summed E-state index contributed by atoms with van der Waals surface area (Å²) in [5.41, 5.74) is 5.62. The van der Waals surface area contributed by atoms with E-state index in [0.717, 1.165) is 57.2 Å². The molecule has 23 heavy (non-hydrogen) atoms. The van der Waals surface area contributed by atoms with Crippen LogP contribution in [0.2, 0.25) is 0 Å². The van der Waals surface area contributed by atoms with Crippen molar-refractivity contribution >= 4 is 17.5 Å². The van der Waals surface area contributed by atoms with Gasteiger partial charge < -0.3 is 20.4 Å². The van der Waals surface area contributed by atoms with E-state index in [1.54, 1.807) is 0 Å². The Labute approximate surface area is 138 Å². The zero-order chi connectivity index (χ0) is 16.4. The lowest BCUT2D eigenvalue weighted by molar-refractivity contribution is -0.120. The van der Waals surface area contributed by atoms with E-state index in [1.165, 1.54) is 0 Å². The Morgan fingerprint density at radius 3 is 2.74 bits per heavy atom. The van der Waals surface area contributed by atoms with Gasteiger partial charge in [-0.1, -0.05) is 6.92 Å². The smallest absolute Gasteiger partial charge is 0.240 e. The number of anilines is 2. The van der Waals surface area contributed by atoms with Crippen molar-refractivity contribution in [3.63, 3.8) is 0 Å². The van der Waals surface area contributed by atoms with Crippen molar-refractivity contribution in [2.75, 3.05) is 49.6 Å². The normalized spacial score (nSPS) is 26.3. The van der Waals surface area contributed by atoms with Crippen LogP contribution in [0.15, 0.2) is 12.1 Å². The molecule has 3 rings (SSSR count). The predicted molar refractivity (Wildman–Crippen MR) is 91.5 cm³/mol. The Balaban J connectivity index is 1.79. The van der Waals surface area contributed by atoms with Crippen molar-refractivity contribution in [1.82, 2.24) is 9.88 Å². The van der Waals surface area contributed by atoms with Crippen molar-refractivity contribution in [3.05, 3.63) is 18.2 Å². The fourth-order valence-electron chi connectivity index (χ4n) is 3.39. The Morgan fingerprint density at radius 2 is 2.04 bits per heavy atom. The van der Waals surface area contributed by atoms with E-state index >= 15 is 0 Å². The number of primary amides is 1. The molecule has 0 bridgehead atoms. The summed E-state index contributed by atoms with van der Waals surface area (Å²) in [4.78, 5) is 23.2. The monoisotopic (exact) mass is 316 g/mol. The van der Waals surface area contributed by atoms with E-state index in [-0.39, 0.29) is 11.9 Å². The highest BCUT2D eigenvalue weighted by molar-refractivity contribution is 5.83. The number of aromatic nitrogens is 1. The van der Waals surface area contributed by atoms with Gasteiger partial charge in [-0.25, -0.2) is 4.98 Å². The number of carbonyl (C=O) groups excluding carboxylic acids is 1. The third-order valence-corrected chi connectivity index (χ3v) is 4.96. The molecule has 6 nitrogen and oxygen atoms in total. The third kappa shape index (κ3) is 3.58. The van der Waals surface area contributed by atoms with Gasteiger partial charge in [-0.05, 0) is 37.9 Å². The molecule has 1 aromatic heterocycles. The largest absolute Gasteiger partial charge is 0.368 e. The fourth-order valence-corrected chi connectivity index (χ4v) is 3.39. The van der Waals surface area contributed by atoms with Crippen LogP contribution in [0.1, 0.15) is 19.8 Å². The molecule has 2 aliphatic heterocycles. The first-order valence-electron chi connectivity index (χ1n) is 8.43. The zero-order valence-electron chi connectivity index (χ0n) is 14.0. The van der Waals surface area contributed by atoms with E-state index < -0.39 is 0 Å². The lowest BCUT2D eigenvalue weighted by Crippen LogP contribution is -2.50. The number of hydrogen-bond donors (Lipinski definition) is 1. The van der Waals surface area contributed by atoms with Gasteiger partial charge in [0.05, 0.1) is 0 Å². The molecule has 125 valence electrons. The Hall–Kier alpha value is -1.82. The van der Waals surface area contributed by atoms with Crippen LogP contribution in [0.4, 0.5) is 11.6 Å². The molecule has 6 heteroatoms. The van der Waals surface area contributed by atoms with Crippen molar-refractivity contribution < 1.29 is 4.79 Å². The number of nitrogens with zero attached hydrogens (tertiary/aromatic N) is 4. The first kappa shape index (κ1) is 16.1. The summed E-state index contributed by atoms with van der Waals surface area (Å²) in [5.74, 6) is 1.96. The van der Waals surface area contributed by atoms with Gasteiger partial charge in [-0.15, -0.1) is 0 Å². The molecule has 2 atom stereocenters. The maximum atomic E-state index is 11.8. The quantitative estimate of drug-likeness (QED) is 0.890. The van der Waals surface area contributed by atoms with Crippen LogP contribution in [-0.4, -0.2) is 61.6 Å². The van der Waals surface area contributed by atoms with Crippen LogP contribution in [0, 0.1) is 12.0 Å². The minimum atomic E-state index is -0.273. The molecule has 3 heterocycles. The van der Waals surface area contributed by atoms with E-state index in [4.69, 9.17) is 10.7 Å². The van der Waals surface area contributed by atoms with E-state index in [9.17, 15) is 4.79 Å². The average molecular weight is 316 g/mol. The van der Waals surface area contributed by atoms with E-state index in [2.05, 4.69) is 29.8 Å². The number of likely N-dealkylation sites (N-methyl/N-ethyl adjacent to an activating group) is 1. The second-order valence-electron chi connectivity index (χ2n) is 6.80. The number of carbonyl (C=O) groups is 1. The van der Waals surface area contributed by atoms with Crippen molar-refractivity contribution in [3.8, 4) is 0 Å². The molecule has 2 aliphatic rings. The highest BCUT2D eigenvalue weighted by Gasteiger charge is 2.31. The third-order valence-electron chi connectivity index (χ3n) is 4.96. The molecule has 0 aliphatic carbocycles. The number of rotatable bonds is 3. The number of hydrogen-bond acceptors (Lipinski definition) is 5. The maximum absolute atomic E-state index is 11.8. The van der Waals surface area contributed by atoms with Crippen molar-refractivity contribution in [2.24, 2.45) is 11.7 Å². The van der Waals surface area contributed by atoms with Gasteiger partial charge in [-0.2, -0.15) is 0 Å². The molecule has 1 radical (unpaired) electrons. The first-order valence-corrected chi connectivity index (χ1v) is 8.43. The zero-order valence-corrected chi connectivity index (χ0v) is 14.0. The van der Waals surface area contributed by atoms with Crippen molar-refractivity contribution in [2.45, 2.75) is 25.8 Å². The SMILES string of the molecule is CC1CCN(c2[c]ccc(N3CCN(C)CC3)n2)C(C(N)=O)C1. The summed E-state index contributed by atoms with van der Waals surface area (Å²) < 4.78 is 0. The molecular formula is C17H26N5O. The van der Waals surface area contributed by atoms with Gasteiger partial charge in [0.25, 0.3) is 0 Å². The molecule has 0 saturated carbocycles. The number of amides is 1. The molecule has 0 aromatic carbocycles. The minimum Gasteiger partial charge on any atom is -0.368 e. The molecule has 2 saturated heterocycles. The topological polar surface area (TPSA) is 65.7 Å². The fraction of sp³-hybridized carbons (Fsp3) is 0.647. The molecule has 0 spiro atoms. The maximum Gasteiger partial charge on any atom is 0.240 e. The lowest BCUT2D eigenvalue weighted by atomic mass is 9.92. The Bertz CT molecular complexity index is 556. The van der Waals surface area contributed by atoms with E-state index in [1.807, 2.05) is 17.0 Å². The Morgan fingerprint density at radius 1 is 1.30 bits per heavy atom. The summed E-state index contributed by atoms with van der Waals surface area (Å²) in [6, 6.07) is 6.83. The second-order valence-corrected chi connectivity index (χ2v) is 6.80. The van der Waals surface area contributed by atoms with Gasteiger partial charge in [0.2, 0.25) is 5.91 Å². The standard InChI is InChI=1S/C17H26N5O/c1-13-6-7-22(14(12-13)17(18)23)16-5-3-4-15(19-16)21-10-8-20(2)9-11-21/h3-4,13-14H,6-12H2,1-2H3,(H2,18,23). The minimum absolute atomic E-state index is 0.267. The summed E-state index contributed by atoms with van der Waals surface area (Å²) >= 11 is 0. The molecule has 1 aromatic rings. The van der Waals surface area contributed by atoms with Gasteiger partial charge in [0, 0.05) is 38.8 Å². The number of piperazine rings is 1. The summed E-state index contributed by atoms with van der Waals surface area (Å²) in [6.07, 6.45) is 1.85. The summed E-state index contributed by atoms with van der Waals surface area (Å²) in [6.45, 7) is 7.02. The summed E-state index contributed by atoms with van der Waals surface area (Å²) in [5, 5.41) is 0. The number of nitrogens with two attached hydrogens (primary N) is 1. The van der Waals surface area contributed by atoms with Crippen LogP contribution in [0.3, 0.4) is 0 Å². The van der Waals surface area contributed by atoms with Crippen molar-refractivity contribution in [1.29, 1.82) is 0 Å². The van der Waals surface area contributed by atoms with Crippen LogP contribution in [-0.2, 0) is 4.79 Å². The highest BCUT2D eigenvalue weighted by Crippen LogP contribution is 2.28. The molecule has 1 amide bonds. The molecule has 2 unspecified atom stereocenters. The molecule has 2 fully saturated rings. The first-order chi connectivity index (χ1) is 11.0. The molecular weight excluding hydrogens is 290 g/mol. The van der Waals surface area contributed by atoms with Crippen LogP contribution < -0.4 is 15.5 Å². The van der Waals surface area contributed by atoms with Crippen LogP contribution >= 0.6 is 0 Å². The predicted octanol–water partition coefficient (Wildman–Crippen LogP) is 0.724. The average Bonchev–Trinajstić information content (AvgIpc) is 2.55. The lowest BCUT2D eigenvalue weighted by Gasteiger charge is -2.38. The second kappa shape index (κ2) is 6.74. The van der Waals surface area contributed by atoms with Gasteiger partial charge in [0.15, 0.2) is 0 Å². The van der Waals surface area contributed by atoms with E-state index in [0.29, 0.717) is 5.92 Å². The van der Waals surface area contributed by atoms with Gasteiger partial charge in [-0.3, -0.25) is 4.79 Å². The van der Waals surface area contributed by atoms with Gasteiger partial charge >= 0.3 is 0 Å². The van der Waals surface area contributed by atoms with Gasteiger partial charge in [0.1, 0.15) is 17.7 Å².